The summed E-state index contributed by atoms with van der Waals surface area (Å²) in [4.78, 5) is 19.6. The maximum atomic E-state index is 11.5. The lowest BCUT2D eigenvalue weighted by Crippen LogP contribution is -2.26. The summed E-state index contributed by atoms with van der Waals surface area (Å²) >= 11 is 0. The fraction of sp³-hybridized carbons (Fsp3) is 0.200. The van der Waals surface area contributed by atoms with E-state index in [0.717, 1.165) is 6.33 Å². The van der Waals surface area contributed by atoms with Gasteiger partial charge in [0.25, 0.3) is 0 Å². The number of methoxy groups -OCH3 is 1. The van der Waals surface area contributed by atoms with E-state index in [1.54, 1.807) is 24.3 Å². The molecule has 0 spiro atoms. The van der Waals surface area contributed by atoms with Gasteiger partial charge in [-0.05, 0) is 24.3 Å². The lowest BCUT2D eigenvalue weighted by molar-refractivity contribution is -0.385. The van der Waals surface area contributed by atoms with Gasteiger partial charge in [0.15, 0.2) is 0 Å². The van der Waals surface area contributed by atoms with Crippen LogP contribution in [-0.2, 0) is 0 Å². The summed E-state index contributed by atoms with van der Waals surface area (Å²) < 4.78 is 10.5. The van der Waals surface area contributed by atoms with E-state index >= 15 is 0 Å². The van der Waals surface area contributed by atoms with Crippen molar-refractivity contribution in [1.29, 1.82) is 10.5 Å². The first-order valence-electron chi connectivity index (χ1n) is 6.90. The molecule has 0 bridgehead atoms. The zero-order valence-corrected chi connectivity index (χ0v) is 13.1. The Morgan fingerprint density at radius 1 is 1.16 bits per heavy atom. The van der Waals surface area contributed by atoms with Crippen molar-refractivity contribution in [2.75, 3.05) is 25.1 Å². The number of aromatic nitrogens is 2. The molecule has 0 aliphatic carbocycles. The molecule has 0 saturated heterocycles. The van der Waals surface area contributed by atoms with Gasteiger partial charge in [0.05, 0.1) is 24.2 Å². The summed E-state index contributed by atoms with van der Waals surface area (Å²) in [6.45, 7) is -0.485. The molecule has 0 unspecified atom stereocenters. The van der Waals surface area contributed by atoms with E-state index in [4.69, 9.17) is 20.0 Å². The highest BCUT2D eigenvalue weighted by Crippen LogP contribution is 2.36. The topological polar surface area (TPSA) is 138 Å². The lowest BCUT2D eigenvalue weighted by atomic mass is 10.3. The van der Waals surface area contributed by atoms with E-state index in [0.29, 0.717) is 11.5 Å². The Hall–Kier alpha value is -3.92. The number of nitro groups is 1. The number of ether oxygens (including phenoxy) is 2. The Bertz CT molecular complexity index is 825. The zero-order valence-electron chi connectivity index (χ0n) is 13.1. The molecule has 0 radical (unpaired) electrons. The number of nitrogens with zero attached hydrogens (tertiary/aromatic N) is 6. The van der Waals surface area contributed by atoms with Crippen LogP contribution in [0.5, 0.6) is 17.4 Å². The minimum atomic E-state index is -0.712. The molecular formula is C15H12N6O4. The van der Waals surface area contributed by atoms with Crippen LogP contribution in [-0.4, -0.2) is 35.1 Å². The fourth-order valence-electron chi connectivity index (χ4n) is 1.95. The molecule has 25 heavy (non-hydrogen) atoms. The number of rotatable bonds is 7. The molecule has 0 saturated carbocycles. The zero-order chi connectivity index (χ0) is 18.2. The Balaban J connectivity index is 2.44. The van der Waals surface area contributed by atoms with Gasteiger partial charge in [-0.25, -0.2) is 4.98 Å². The van der Waals surface area contributed by atoms with Gasteiger partial charge in [0, 0.05) is 0 Å². The third kappa shape index (κ3) is 4.09. The lowest BCUT2D eigenvalue weighted by Gasteiger charge is -2.17. The van der Waals surface area contributed by atoms with Crippen molar-refractivity contribution in [2.45, 2.75) is 0 Å². The van der Waals surface area contributed by atoms with Crippen LogP contribution in [0, 0.1) is 32.8 Å². The highest BCUT2D eigenvalue weighted by Gasteiger charge is 2.28. The first-order chi connectivity index (χ1) is 12.1. The number of hydrogen-bond acceptors (Lipinski definition) is 9. The minimum Gasteiger partial charge on any atom is -0.497 e. The quantitative estimate of drug-likeness (QED) is 0.421. The van der Waals surface area contributed by atoms with Gasteiger partial charge in [-0.1, -0.05) is 0 Å². The second kappa shape index (κ2) is 8.08. The molecule has 0 fully saturated rings. The smallest absolute Gasteiger partial charge is 0.373 e. The predicted octanol–water partition coefficient (Wildman–Crippen LogP) is 2.04. The molecule has 0 N–H and O–H groups in total. The summed E-state index contributed by atoms with van der Waals surface area (Å²) in [5.41, 5.74) is -0.524. The monoisotopic (exact) mass is 340 g/mol. The molecule has 1 aromatic heterocycles. The molecule has 2 rings (SSSR count). The van der Waals surface area contributed by atoms with Gasteiger partial charge in [-0.2, -0.15) is 15.5 Å². The van der Waals surface area contributed by atoms with Gasteiger partial charge in [-0.15, -0.1) is 0 Å². The molecule has 0 amide bonds. The average Bonchev–Trinajstić information content (AvgIpc) is 2.62. The number of benzene rings is 1. The standard InChI is InChI=1S/C15H12N6O4/c1-24-11-2-4-12(5-3-11)25-15-13(21(22)23)14(18-10-19-15)20(8-6-16)9-7-17/h2-5,10H,8-9H2,1H3. The van der Waals surface area contributed by atoms with Crippen LogP contribution in [0.2, 0.25) is 0 Å². The number of nitriles is 2. The molecule has 126 valence electrons. The first-order valence-corrected chi connectivity index (χ1v) is 6.90. The molecular weight excluding hydrogens is 328 g/mol. The summed E-state index contributed by atoms with van der Waals surface area (Å²) in [6.07, 6.45) is 1.07. The molecule has 1 aromatic carbocycles. The van der Waals surface area contributed by atoms with Crippen LogP contribution in [0.25, 0.3) is 0 Å². The number of hydrogen-bond donors (Lipinski definition) is 0. The van der Waals surface area contributed by atoms with Gasteiger partial charge in [0.1, 0.15) is 30.9 Å². The van der Waals surface area contributed by atoms with Crippen molar-refractivity contribution in [1.82, 2.24) is 9.97 Å². The van der Waals surface area contributed by atoms with Crippen LogP contribution < -0.4 is 14.4 Å². The molecule has 0 atom stereocenters. The van der Waals surface area contributed by atoms with E-state index in [9.17, 15) is 10.1 Å². The maximum Gasteiger partial charge on any atom is 0.373 e. The van der Waals surface area contributed by atoms with Crippen LogP contribution >= 0.6 is 0 Å². The van der Waals surface area contributed by atoms with Crippen LogP contribution in [0.15, 0.2) is 30.6 Å². The first kappa shape index (κ1) is 17.4. The molecule has 0 aliphatic heterocycles. The van der Waals surface area contributed by atoms with Crippen molar-refractivity contribution in [3.8, 4) is 29.5 Å². The van der Waals surface area contributed by atoms with Gasteiger partial charge in [0.2, 0.25) is 5.82 Å². The van der Waals surface area contributed by atoms with Crippen molar-refractivity contribution >= 4 is 11.5 Å². The Morgan fingerprint density at radius 3 is 2.28 bits per heavy atom. The Labute approximate surface area is 142 Å². The van der Waals surface area contributed by atoms with Crippen molar-refractivity contribution < 1.29 is 14.4 Å². The van der Waals surface area contributed by atoms with Gasteiger partial charge in [-0.3, -0.25) is 10.1 Å². The number of anilines is 1. The molecule has 2 aromatic rings. The predicted molar refractivity (Wildman–Crippen MR) is 85.2 cm³/mol. The van der Waals surface area contributed by atoms with E-state index < -0.39 is 10.6 Å². The average molecular weight is 340 g/mol. The van der Waals surface area contributed by atoms with E-state index in [2.05, 4.69) is 9.97 Å². The third-order valence-electron chi connectivity index (χ3n) is 3.05. The summed E-state index contributed by atoms with van der Waals surface area (Å²) in [7, 11) is 1.51. The summed E-state index contributed by atoms with van der Waals surface area (Å²) in [5.74, 6) is 0.452. The van der Waals surface area contributed by atoms with E-state index in [1.165, 1.54) is 12.0 Å². The normalized spacial score (nSPS) is 9.56. The Kier molecular flexibility index (Phi) is 5.63. The maximum absolute atomic E-state index is 11.5. The second-order valence-corrected chi connectivity index (χ2v) is 4.56. The van der Waals surface area contributed by atoms with Crippen LogP contribution in [0.3, 0.4) is 0 Å². The molecule has 10 nitrogen and oxygen atoms in total. The van der Waals surface area contributed by atoms with Crippen LogP contribution in [0.4, 0.5) is 11.5 Å². The SMILES string of the molecule is COc1ccc(Oc2ncnc(N(CC#N)CC#N)c2[N+](=O)[O-])cc1. The highest BCUT2D eigenvalue weighted by atomic mass is 16.6. The highest BCUT2D eigenvalue weighted by molar-refractivity contribution is 5.64. The van der Waals surface area contributed by atoms with Gasteiger partial charge >= 0.3 is 11.6 Å². The minimum absolute atomic E-state index is 0.161. The van der Waals surface area contributed by atoms with E-state index in [1.807, 2.05) is 12.1 Å². The van der Waals surface area contributed by atoms with Crippen molar-refractivity contribution in [3.63, 3.8) is 0 Å². The Morgan fingerprint density at radius 2 is 1.76 bits per heavy atom. The largest absolute Gasteiger partial charge is 0.497 e. The van der Waals surface area contributed by atoms with Crippen molar-refractivity contribution in [3.05, 3.63) is 40.7 Å². The third-order valence-corrected chi connectivity index (χ3v) is 3.05. The molecule has 0 aliphatic rings. The summed E-state index contributed by atoms with van der Waals surface area (Å²) in [6, 6.07) is 10.0. The molecule has 10 heteroatoms. The van der Waals surface area contributed by atoms with Crippen LogP contribution in [0.1, 0.15) is 0 Å². The molecule has 1 heterocycles. The van der Waals surface area contributed by atoms with Crippen molar-refractivity contribution in [2.24, 2.45) is 0 Å². The van der Waals surface area contributed by atoms with Gasteiger partial charge < -0.3 is 14.4 Å². The fourth-order valence-corrected chi connectivity index (χ4v) is 1.95. The van der Waals surface area contributed by atoms with E-state index in [-0.39, 0.29) is 24.8 Å². The second-order valence-electron chi connectivity index (χ2n) is 4.56. The summed E-state index contributed by atoms with van der Waals surface area (Å²) in [5, 5.41) is 29.2.